The van der Waals surface area contributed by atoms with Gasteiger partial charge in [0.2, 0.25) is 0 Å². The molecule has 2 nitrogen and oxygen atoms in total. The summed E-state index contributed by atoms with van der Waals surface area (Å²) in [6.07, 6.45) is 12.1. The predicted molar refractivity (Wildman–Crippen MR) is 76.4 cm³/mol. The summed E-state index contributed by atoms with van der Waals surface area (Å²) in [5.41, 5.74) is 2.15. The standard InChI is InChI=1S/C15H17BrO2/c1-18-14-8-4-12(5-9-14)15(17)10-11-2-6-13(16)7-3-11/h2,4,6,8H,3,5,7,9-10H2,1H3. The first kappa shape index (κ1) is 13.3. The zero-order valence-electron chi connectivity index (χ0n) is 10.5. The van der Waals surface area contributed by atoms with Crippen molar-refractivity contribution in [2.24, 2.45) is 0 Å². The van der Waals surface area contributed by atoms with Gasteiger partial charge >= 0.3 is 0 Å². The third-order valence-electron chi connectivity index (χ3n) is 3.30. The van der Waals surface area contributed by atoms with Crippen molar-refractivity contribution in [2.75, 3.05) is 7.11 Å². The fourth-order valence-corrected chi connectivity index (χ4v) is 2.47. The lowest BCUT2D eigenvalue weighted by molar-refractivity contribution is -0.115. The lowest BCUT2D eigenvalue weighted by atomic mass is 9.93. The van der Waals surface area contributed by atoms with Gasteiger partial charge in [-0.15, -0.1) is 0 Å². The predicted octanol–water partition coefficient (Wildman–Crippen LogP) is 4.20. The van der Waals surface area contributed by atoms with Crippen molar-refractivity contribution in [1.29, 1.82) is 0 Å². The number of halogens is 1. The van der Waals surface area contributed by atoms with Crippen LogP contribution in [-0.4, -0.2) is 12.9 Å². The number of ether oxygens (including phenoxy) is 1. The van der Waals surface area contributed by atoms with Crippen LogP contribution in [0.5, 0.6) is 0 Å². The summed E-state index contributed by atoms with van der Waals surface area (Å²) in [5, 5.41) is 0. The van der Waals surface area contributed by atoms with Crippen molar-refractivity contribution in [2.45, 2.75) is 32.1 Å². The van der Waals surface area contributed by atoms with E-state index < -0.39 is 0 Å². The summed E-state index contributed by atoms with van der Waals surface area (Å²) in [6, 6.07) is 0. The molecule has 0 unspecified atom stereocenters. The first-order chi connectivity index (χ1) is 8.69. The normalized spacial score (nSPS) is 19.4. The van der Waals surface area contributed by atoms with Crippen LogP contribution in [0.2, 0.25) is 0 Å². The Morgan fingerprint density at radius 3 is 2.56 bits per heavy atom. The monoisotopic (exact) mass is 308 g/mol. The summed E-state index contributed by atoms with van der Waals surface area (Å²) < 4.78 is 6.37. The molecule has 0 spiro atoms. The molecule has 0 radical (unpaired) electrons. The molecule has 0 bridgehead atoms. The van der Waals surface area contributed by atoms with E-state index in [1.54, 1.807) is 7.11 Å². The number of ketones is 1. The summed E-state index contributed by atoms with van der Waals surface area (Å²) in [6.45, 7) is 0. The third-order valence-corrected chi connectivity index (χ3v) is 3.96. The van der Waals surface area contributed by atoms with Crippen LogP contribution >= 0.6 is 15.9 Å². The number of allylic oxidation sites excluding steroid dienone is 8. The van der Waals surface area contributed by atoms with Gasteiger partial charge in [0, 0.05) is 12.8 Å². The van der Waals surface area contributed by atoms with Gasteiger partial charge in [0.05, 0.1) is 12.9 Å². The molecule has 0 heterocycles. The highest BCUT2D eigenvalue weighted by Gasteiger charge is 2.16. The minimum absolute atomic E-state index is 0.249. The van der Waals surface area contributed by atoms with Crippen molar-refractivity contribution < 1.29 is 9.53 Å². The Morgan fingerprint density at radius 2 is 2.00 bits per heavy atom. The van der Waals surface area contributed by atoms with Crippen LogP contribution in [-0.2, 0) is 9.53 Å². The number of hydrogen-bond acceptors (Lipinski definition) is 2. The van der Waals surface area contributed by atoms with Gasteiger partial charge in [-0.25, -0.2) is 0 Å². The maximum absolute atomic E-state index is 12.1. The van der Waals surface area contributed by atoms with Gasteiger partial charge in [-0.2, -0.15) is 0 Å². The van der Waals surface area contributed by atoms with Crippen LogP contribution in [0.3, 0.4) is 0 Å². The Kier molecular flexibility index (Phi) is 4.59. The second-order valence-electron chi connectivity index (χ2n) is 4.57. The summed E-state index contributed by atoms with van der Waals surface area (Å²) in [7, 11) is 1.67. The lowest BCUT2D eigenvalue weighted by Crippen LogP contribution is -2.08. The van der Waals surface area contributed by atoms with E-state index in [1.807, 2.05) is 18.2 Å². The Hall–Kier alpha value is -1.09. The molecule has 0 saturated heterocycles. The van der Waals surface area contributed by atoms with E-state index >= 15 is 0 Å². The molecule has 0 amide bonds. The van der Waals surface area contributed by atoms with Gasteiger partial charge in [-0.1, -0.05) is 39.7 Å². The van der Waals surface area contributed by atoms with E-state index in [9.17, 15) is 4.79 Å². The molecule has 2 aliphatic rings. The van der Waals surface area contributed by atoms with E-state index in [2.05, 4.69) is 22.0 Å². The van der Waals surface area contributed by atoms with Crippen LogP contribution in [0.1, 0.15) is 32.1 Å². The van der Waals surface area contributed by atoms with Crippen molar-refractivity contribution in [3.05, 3.63) is 45.7 Å². The van der Waals surface area contributed by atoms with Gasteiger partial charge in [0.25, 0.3) is 0 Å². The smallest absolute Gasteiger partial charge is 0.162 e. The average Bonchev–Trinajstić information content (AvgIpc) is 2.41. The third kappa shape index (κ3) is 3.45. The van der Waals surface area contributed by atoms with Gasteiger partial charge < -0.3 is 4.74 Å². The van der Waals surface area contributed by atoms with E-state index in [0.717, 1.165) is 37.0 Å². The van der Waals surface area contributed by atoms with Crippen molar-refractivity contribution >= 4 is 21.7 Å². The number of carbonyl (C=O) groups excluding carboxylic acids is 1. The maximum Gasteiger partial charge on any atom is 0.162 e. The molecule has 2 rings (SSSR count). The highest BCUT2D eigenvalue weighted by Crippen LogP contribution is 2.27. The summed E-state index contributed by atoms with van der Waals surface area (Å²) in [4.78, 5) is 12.1. The number of methoxy groups -OCH3 is 1. The Labute approximate surface area is 116 Å². The lowest BCUT2D eigenvalue weighted by Gasteiger charge is -2.15. The molecule has 0 aromatic rings. The largest absolute Gasteiger partial charge is 0.501 e. The fraction of sp³-hybridized carbons (Fsp3) is 0.400. The van der Waals surface area contributed by atoms with Crippen LogP contribution < -0.4 is 0 Å². The van der Waals surface area contributed by atoms with Crippen molar-refractivity contribution in [3.8, 4) is 0 Å². The quantitative estimate of drug-likeness (QED) is 0.778. The van der Waals surface area contributed by atoms with Crippen molar-refractivity contribution in [3.63, 3.8) is 0 Å². The van der Waals surface area contributed by atoms with Crippen LogP contribution in [0.15, 0.2) is 45.7 Å². The average molecular weight is 309 g/mol. The molecule has 3 heteroatoms. The minimum Gasteiger partial charge on any atom is -0.501 e. The van der Waals surface area contributed by atoms with Crippen LogP contribution in [0, 0.1) is 0 Å². The second kappa shape index (κ2) is 6.19. The van der Waals surface area contributed by atoms with Crippen LogP contribution in [0.4, 0.5) is 0 Å². The minimum atomic E-state index is 0.249. The van der Waals surface area contributed by atoms with E-state index in [4.69, 9.17) is 4.74 Å². The molecule has 0 aromatic heterocycles. The second-order valence-corrected chi connectivity index (χ2v) is 5.59. The van der Waals surface area contributed by atoms with Gasteiger partial charge in [0.1, 0.15) is 0 Å². The van der Waals surface area contributed by atoms with Crippen LogP contribution in [0.25, 0.3) is 0 Å². The zero-order chi connectivity index (χ0) is 13.0. The van der Waals surface area contributed by atoms with E-state index in [-0.39, 0.29) is 5.78 Å². The number of hydrogen-bond donors (Lipinski definition) is 0. The maximum atomic E-state index is 12.1. The topological polar surface area (TPSA) is 26.3 Å². The molecule has 0 N–H and O–H groups in total. The first-order valence-electron chi connectivity index (χ1n) is 6.20. The first-order valence-corrected chi connectivity index (χ1v) is 6.99. The van der Waals surface area contributed by atoms with E-state index in [1.165, 1.54) is 10.1 Å². The molecule has 96 valence electrons. The van der Waals surface area contributed by atoms with Gasteiger partial charge in [0.15, 0.2) is 5.78 Å². The number of carbonyl (C=O) groups is 1. The molecular formula is C15H17BrO2. The molecule has 0 atom stereocenters. The highest BCUT2D eigenvalue weighted by atomic mass is 79.9. The molecule has 0 aliphatic heterocycles. The molecule has 18 heavy (non-hydrogen) atoms. The summed E-state index contributed by atoms with van der Waals surface area (Å²) in [5.74, 6) is 1.20. The Balaban J connectivity index is 1.97. The molecule has 0 fully saturated rings. The molecule has 0 aromatic carbocycles. The number of Topliss-reactive ketones (excluding diaryl/α,β-unsaturated/α-hetero) is 1. The summed E-state index contributed by atoms with van der Waals surface area (Å²) >= 11 is 3.47. The highest BCUT2D eigenvalue weighted by molar-refractivity contribution is 9.11. The zero-order valence-corrected chi connectivity index (χ0v) is 12.1. The fourth-order valence-electron chi connectivity index (χ4n) is 2.14. The van der Waals surface area contributed by atoms with Gasteiger partial charge in [-0.3, -0.25) is 4.79 Å². The van der Waals surface area contributed by atoms with Crippen molar-refractivity contribution in [1.82, 2.24) is 0 Å². The SMILES string of the molecule is COC1=CC=C(C(=O)CC2=CC=C(Br)CC2)CC1. The van der Waals surface area contributed by atoms with Gasteiger partial charge in [-0.05, 0) is 35.4 Å². The molecule has 0 saturated carbocycles. The molecule has 2 aliphatic carbocycles. The van der Waals surface area contributed by atoms with E-state index in [0.29, 0.717) is 6.42 Å². The number of rotatable bonds is 4. The molecular weight excluding hydrogens is 292 g/mol. The Bertz CT molecular complexity index is 467. The Morgan fingerprint density at radius 1 is 1.17 bits per heavy atom.